The van der Waals surface area contributed by atoms with Gasteiger partial charge in [0.2, 0.25) is 0 Å². The summed E-state index contributed by atoms with van der Waals surface area (Å²) in [6.45, 7) is 0.982. The van der Waals surface area contributed by atoms with Crippen molar-refractivity contribution >= 4 is 12.2 Å². The molecule has 0 fully saturated rings. The Morgan fingerprint density at radius 1 is 0.500 bits per heavy atom. The predicted octanol–water partition coefficient (Wildman–Crippen LogP) is 7.03. The summed E-state index contributed by atoms with van der Waals surface area (Å²) in [6.07, 6.45) is 4.06. The Morgan fingerprint density at radius 2 is 0.912 bits per heavy atom. The van der Waals surface area contributed by atoms with E-state index in [2.05, 4.69) is 0 Å². The van der Waals surface area contributed by atoms with E-state index < -0.39 is 0 Å². The number of methoxy groups -OCH3 is 2. The Balaban J connectivity index is 1.42. The monoisotopic (exact) mass is 452 g/mol. The smallest absolute Gasteiger partial charge is 0.161 e. The van der Waals surface area contributed by atoms with E-state index in [1.807, 2.05) is 109 Å². The average Bonchev–Trinajstić information content (AvgIpc) is 2.91. The van der Waals surface area contributed by atoms with Gasteiger partial charge >= 0.3 is 0 Å². The van der Waals surface area contributed by atoms with Gasteiger partial charge in [0.1, 0.15) is 13.2 Å². The Hall–Kier alpha value is -4.18. The third kappa shape index (κ3) is 6.20. The van der Waals surface area contributed by atoms with Crippen LogP contribution in [0.4, 0.5) is 0 Å². The normalized spacial score (nSPS) is 10.8. The van der Waals surface area contributed by atoms with Gasteiger partial charge in [-0.3, -0.25) is 0 Å². The molecule has 4 nitrogen and oxygen atoms in total. The summed E-state index contributed by atoms with van der Waals surface area (Å²) in [5.74, 6) is 2.82. The Morgan fingerprint density at radius 3 is 1.29 bits per heavy atom. The molecule has 0 spiro atoms. The molecule has 4 heteroatoms. The molecule has 0 saturated carbocycles. The van der Waals surface area contributed by atoms with Gasteiger partial charge < -0.3 is 18.9 Å². The van der Waals surface area contributed by atoms with Crippen LogP contribution in [0.1, 0.15) is 22.3 Å². The molecule has 4 rings (SSSR count). The van der Waals surface area contributed by atoms with Crippen LogP contribution < -0.4 is 18.9 Å². The second-order valence-corrected chi connectivity index (χ2v) is 7.70. The molecule has 0 aliphatic rings. The maximum atomic E-state index is 5.95. The number of benzene rings is 4. The molecule has 0 atom stereocenters. The van der Waals surface area contributed by atoms with E-state index in [1.165, 1.54) is 0 Å². The summed E-state index contributed by atoms with van der Waals surface area (Å²) in [7, 11) is 3.30. The van der Waals surface area contributed by atoms with Crippen molar-refractivity contribution in [3.05, 3.63) is 119 Å². The molecule has 4 aromatic carbocycles. The molecule has 0 N–H and O–H groups in total. The van der Waals surface area contributed by atoms with Crippen LogP contribution in [-0.2, 0) is 13.2 Å². The van der Waals surface area contributed by atoms with Gasteiger partial charge in [0.15, 0.2) is 23.0 Å². The fraction of sp³-hybridized carbons (Fsp3) is 0.133. The summed E-state index contributed by atoms with van der Waals surface area (Å²) in [5, 5.41) is 0. The maximum absolute atomic E-state index is 5.95. The zero-order valence-corrected chi connectivity index (χ0v) is 19.4. The van der Waals surface area contributed by atoms with Crippen molar-refractivity contribution in [2.75, 3.05) is 14.2 Å². The van der Waals surface area contributed by atoms with Crippen LogP contribution >= 0.6 is 0 Å². The molecular formula is C30H28O4. The second kappa shape index (κ2) is 11.6. The number of hydrogen-bond donors (Lipinski definition) is 0. The lowest BCUT2D eigenvalue weighted by Crippen LogP contribution is -1.98. The second-order valence-electron chi connectivity index (χ2n) is 7.70. The van der Waals surface area contributed by atoms with Crippen LogP contribution in [0.15, 0.2) is 97.1 Å². The Bertz CT molecular complexity index is 1120. The van der Waals surface area contributed by atoms with E-state index in [4.69, 9.17) is 18.9 Å². The van der Waals surface area contributed by atoms with Gasteiger partial charge in [-0.2, -0.15) is 0 Å². The highest BCUT2D eigenvalue weighted by Crippen LogP contribution is 2.31. The Labute approximate surface area is 201 Å². The first-order chi connectivity index (χ1) is 16.7. The minimum absolute atomic E-state index is 0.491. The molecule has 0 saturated heterocycles. The summed E-state index contributed by atoms with van der Waals surface area (Å²) < 4.78 is 23.0. The zero-order chi connectivity index (χ0) is 23.6. The molecule has 34 heavy (non-hydrogen) atoms. The van der Waals surface area contributed by atoms with Gasteiger partial charge in [0, 0.05) is 0 Å². The molecule has 0 aromatic heterocycles. The summed E-state index contributed by atoms with van der Waals surface area (Å²) >= 11 is 0. The fourth-order valence-corrected chi connectivity index (χ4v) is 3.48. The predicted molar refractivity (Wildman–Crippen MR) is 136 cm³/mol. The first kappa shape index (κ1) is 23.0. The summed E-state index contributed by atoms with van der Waals surface area (Å²) in [6, 6.07) is 31.9. The van der Waals surface area contributed by atoms with Gasteiger partial charge in [0.25, 0.3) is 0 Å². The van der Waals surface area contributed by atoms with Crippen molar-refractivity contribution in [2.24, 2.45) is 0 Å². The molecule has 0 bridgehead atoms. The van der Waals surface area contributed by atoms with Crippen LogP contribution in [0.2, 0.25) is 0 Å². The topological polar surface area (TPSA) is 36.9 Å². The lowest BCUT2D eigenvalue weighted by Gasteiger charge is -2.12. The highest BCUT2D eigenvalue weighted by Gasteiger charge is 2.07. The van der Waals surface area contributed by atoms with Crippen molar-refractivity contribution < 1.29 is 18.9 Å². The molecule has 0 amide bonds. The quantitative estimate of drug-likeness (QED) is 0.242. The van der Waals surface area contributed by atoms with Crippen LogP contribution in [0.3, 0.4) is 0 Å². The molecule has 0 aliphatic carbocycles. The van der Waals surface area contributed by atoms with Crippen LogP contribution in [0.25, 0.3) is 12.2 Å². The molecule has 0 radical (unpaired) electrons. The number of ether oxygens (including phenoxy) is 4. The standard InChI is InChI=1S/C30H28O4/c1-31-29-19-23(15-17-27(29)33-21-25-9-5-3-6-10-25)13-14-24-16-18-28(30(20-24)32-2)34-22-26-11-7-4-8-12-26/h3-20H,21-22H2,1-2H3/b14-13+. The van der Waals surface area contributed by atoms with E-state index in [9.17, 15) is 0 Å². The number of rotatable bonds is 10. The maximum Gasteiger partial charge on any atom is 0.161 e. The fourth-order valence-electron chi connectivity index (χ4n) is 3.48. The van der Waals surface area contributed by atoms with Crippen molar-refractivity contribution in [2.45, 2.75) is 13.2 Å². The summed E-state index contributed by atoms with van der Waals surface area (Å²) in [5.41, 5.74) is 4.23. The minimum atomic E-state index is 0.491. The van der Waals surface area contributed by atoms with Crippen LogP contribution in [0.5, 0.6) is 23.0 Å². The molecule has 172 valence electrons. The van der Waals surface area contributed by atoms with Crippen LogP contribution in [0, 0.1) is 0 Å². The van der Waals surface area contributed by atoms with E-state index in [0.717, 1.165) is 22.3 Å². The van der Waals surface area contributed by atoms with Crippen molar-refractivity contribution in [3.8, 4) is 23.0 Å². The first-order valence-electron chi connectivity index (χ1n) is 11.1. The van der Waals surface area contributed by atoms with Gasteiger partial charge in [0.05, 0.1) is 14.2 Å². The van der Waals surface area contributed by atoms with Crippen molar-refractivity contribution in [1.29, 1.82) is 0 Å². The third-order valence-electron chi connectivity index (χ3n) is 5.32. The van der Waals surface area contributed by atoms with Gasteiger partial charge in [-0.25, -0.2) is 0 Å². The molecule has 0 unspecified atom stereocenters. The Kier molecular flexibility index (Phi) is 7.86. The molecule has 0 heterocycles. The molecule has 4 aromatic rings. The first-order valence-corrected chi connectivity index (χ1v) is 11.1. The van der Waals surface area contributed by atoms with Gasteiger partial charge in [-0.1, -0.05) is 84.9 Å². The van der Waals surface area contributed by atoms with Crippen molar-refractivity contribution in [3.63, 3.8) is 0 Å². The number of hydrogen-bond acceptors (Lipinski definition) is 4. The molecule has 0 aliphatic heterocycles. The lowest BCUT2D eigenvalue weighted by atomic mass is 10.1. The zero-order valence-electron chi connectivity index (χ0n) is 19.4. The van der Waals surface area contributed by atoms with Crippen LogP contribution in [-0.4, -0.2) is 14.2 Å². The average molecular weight is 453 g/mol. The largest absolute Gasteiger partial charge is 0.493 e. The lowest BCUT2D eigenvalue weighted by molar-refractivity contribution is 0.284. The van der Waals surface area contributed by atoms with E-state index >= 15 is 0 Å². The van der Waals surface area contributed by atoms with Gasteiger partial charge in [-0.05, 0) is 46.5 Å². The highest BCUT2D eigenvalue weighted by atomic mass is 16.5. The summed E-state index contributed by atoms with van der Waals surface area (Å²) in [4.78, 5) is 0. The molecular weight excluding hydrogens is 424 g/mol. The minimum Gasteiger partial charge on any atom is -0.493 e. The third-order valence-corrected chi connectivity index (χ3v) is 5.32. The van der Waals surface area contributed by atoms with Crippen molar-refractivity contribution in [1.82, 2.24) is 0 Å². The van der Waals surface area contributed by atoms with E-state index in [0.29, 0.717) is 36.2 Å². The van der Waals surface area contributed by atoms with E-state index in [1.54, 1.807) is 14.2 Å². The van der Waals surface area contributed by atoms with Gasteiger partial charge in [-0.15, -0.1) is 0 Å². The van der Waals surface area contributed by atoms with E-state index in [-0.39, 0.29) is 0 Å². The highest BCUT2D eigenvalue weighted by molar-refractivity contribution is 5.72. The SMILES string of the molecule is COc1cc(/C=C/c2ccc(OCc3ccccc3)c(OC)c2)ccc1OCc1ccccc1.